The van der Waals surface area contributed by atoms with E-state index in [1.807, 2.05) is 24.3 Å². The minimum Gasteiger partial charge on any atom is -0.494 e. The summed E-state index contributed by atoms with van der Waals surface area (Å²) in [5.41, 5.74) is 5.03. The number of anilines is 4. The van der Waals surface area contributed by atoms with E-state index in [0.29, 0.717) is 46.4 Å². The highest BCUT2D eigenvalue weighted by Gasteiger charge is 2.31. The molecule has 1 aliphatic heterocycles. The summed E-state index contributed by atoms with van der Waals surface area (Å²) < 4.78 is 8.03. The first-order chi connectivity index (χ1) is 19.9. The van der Waals surface area contributed by atoms with Gasteiger partial charge in [0, 0.05) is 53.9 Å². The molecule has 2 fully saturated rings. The van der Waals surface area contributed by atoms with E-state index in [2.05, 4.69) is 75.1 Å². The number of nitriles is 1. The van der Waals surface area contributed by atoms with Crippen LogP contribution in [0.4, 0.5) is 23.0 Å². The van der Waals surface area contributed by atoms with Gasteiger partial charge in [-0.05, 0) is 45.1 Å². The van der Waals surface area contributed by atoms with Crippen molar-refractivity contribution >= 4 is 39.8 Å². The van der Waals surface area contributed by atoms with Crippen LogP contribution in [0.2, 0.25) is 0 Å². The van der Waals surface area contributed by atoms with E-state index in [-0.39, 0.29) is 5.91 Å². The van der Waals surface area contributed by atoms with E-state index in [9.17, 15) is 10.1 Å². The maximum atomic E-state index is 12.3. The molecule has 10 nitrogen and oxygen atoms in total. The molecule has 2 aromatic carbocycles. The number of nitrogens with zero attached hydrogens (tertiary/aromatic N) is 6. The lowest BCUT2D eigenvalue weighted by molar-refractivity contribution is -0.111. The molecule has 1 amide bonds. The monoisotopic (exact) mass is 548 g/mol. The SMILES string of the molecule is C=CC(=O)Nc1cc(Nc2ncc(C#N)c(-c3cn(C4CC4)c4ccccc34)n2)c(OC)cc1N1CC(N(C)C)C1. The van der Waals surface area contributed by atoms with E-state index in [1.165, 1.54) is 12.3 Å². The smallest absolute Gasteiger partial charge is 0.247 e. The number of nitrogens with one attached hydrogen (secondary N) is 2. The summed E-state index contributed by atoms with van der Waals surface area (Å²) in [5, 5.41) is 17.2. The summed E-state index contributed by atoms with van der Waals surface area (Å²) in [4.78, 5) is 26.0. The van der Waals surface area contributed by atoms with Crippen LogP contribution in [0, 0.1) is 11.3 Å². The highest BCUT2D eigenvalue weighted by molar-refractivity contribution is 6.02. The van der Waals surface area contributed by atoms with Gasteiger partial charge in [-0.1, -0.05) is 24.8 Å². The van der Waals surface area contributed by atoms with Gasteiger partial charge in [0.2, 0.25) is 11.9 Å². The number of methoxy groups -OCH3 is 1. The summed E-state index contributed by atoms with van der Waals surface area (Å²) in [6.07, 6.45) is 7.17. The second kappa shape index (κ2) is 10.6. The van der Waals surface area contributed by atoms with Gasteiger partial charge < -0.3 is 29.7 Å². The van der Waals surface area contributed by atoms with Crippen molar-refractivity contribution in [2.75, 3.05) is 49.8 Å². The first kappa shape index (κ1) is 26.3. The van der Waals surface area contributed by atoms with Crippen molar-refractivity contribution in [3.63, 3.8) is 0 Å². The van der Waals surface area contributed by atoms with Gasteiger partial charge in [0.15, 0.2) is 0 Å². The van der Waals surface area contributed by atoms with E-state index in [1.54, 1.807) is 7.11 Å². The Kier molecular flexibility index (Phi) is 6.81. The zero-order valence-electron chi connectivity index (χ0n) is 23.4. The average Bonchev–Trinajstić information content (AvgIpc) is 3.72. The van der Waals surface area contributed by atoms with Crippen molar-refractivity contribution in [2.24, 2.45) is 0 Å². The van der Waals surface area contributed by atoms with Gasteiger partial charge in [0.05, 0.1) is 41.6 Å². The van der Waals surface area contributed by atoms with Crippen molar-refractivity contribution in [3.8, 4) is 23.1 Å². The Balaban J connectivity index is 1.39. The van der Waals surface area contributed by atoms with E-state index in [4.69, 9.17) is 9.72 Å². The van der Waals surface area contributed by atoms with Gasteiger partial charge in [-0.2, -0.15) is 5.26 Å². The molecular formula is C31H32N8O2. The van der Waals surface area contributed by atoms with Crippen molar-refractivity contribution in [1.82, 2.24) is 19.4 Å². The number of ether oxygens (including phenoxy) is 1. The Morgan fingerprint density at radius 2 is 2.00 bits per heavy atom. The Labute approximate surface area is 238 Å². The molecule has 208 valence electrons. The number of amides is 1. The summed E-state index contributed by atoms with van der Waals surface area (Å²) in [6.45, 7) is 5.26. The zero-order valence-corrected chi connectivity index (χ0v) is 23.4. The van der Waals surface area contributed by atoms with Gasteiger partial charge in [0.25, 0.3) is 0 Å². The minimum atomic E-state index is -0.309. The van der Waals surface area contributed by atoms with Crippen LogP contribution < -0.4 is 20.3 Å². The van der Waals surface area contributed by atoms with Gasteiger partial charge >= 0.3 is 0 Å². The molecule has 0 spiro atoms. The summed E-state index contributed by atoms with van der Waals surface area (Å²) >= 11 is 0. The van der Waals surface area contributed by atoms with Crippen molar-refractivity contribution in [2.45, 2.75) is 24.9 Å². The largest absolute Gasteiger partial charge is 0.494 e. The number of carbonyl (C=O) groups is 1. The maximum absolute atomic E-state index is 12.3. The summed E-state index contributed by atoms with van der Waals surface area (Å²) in [6, 6.07) is 15.1. The minimum absolute atomic E-state index is 0.309. The molecule has 10 heteroatoms. The molecule has 6 rings (SSSR count). The number of hydrogen-bond acceptors (Lipinski definition) is 8. The number of fused-ring (bicyclic) bond motifs is 1. The zero-order chi connectivity index (χ0) is 28.7. The number of likely N-dealkylation sites (N-methyl/N-ethyl adjacent to an activating group) is 1. The van der Waals surface area contributed by atoms with Crippen LogP contribution in [0.5, 0.6) is 5.75 Å². The van der Waals surface area contributed by atoms with E-state index in [0.717, 1.165) is 48.1 Å². The van der Waals surface area contributed by atoms with Crippen LogP contribution >= 0.6 is 0 Å². The molecule has 2 aromatic heterocycles. The molecule has 0 unspecified atom stereocenters. The van der Waals surface area contributed by atoms with E-state index < -0.39 is 0 Å². The molecular weight excluding hydrogens is 516 g/mol. The maximum Gasteiger partial charge on any atom is 0.247 e. The van der Waals surface area contributed by atoms with Crippen LogP contribution in [-0.2, 0) is 4.79 Å². The predicted molar refractivity (Wildman–Crippen MR) is 161 cm³/mol. The predicted octanol–water partition coefficient (Wildman–Crippen LogP) is 4.93. The van der Waals surface area contributed by atoms with Crippen molar-refractivity contribution in [3.05, 3.63) is 67.0 Å². The molecule has 0 radical (unpaired) electrons. The fraction of sp³-hybridized carbons (Fsp3) is 0.290. The number of benzene rings is 2. The Hall–Kier alpha value is -4.88. The number of carbonyl (C=O) groups excluding carboxylic acids is 1. The number of para-hydroxylation sites is 1. The Morgan fingerprint density at radius 3 is 2.68 bits per heavy atom. The molecule has 0 bridgehead atoms. The Morgan fingerprint density at radius 1 is 1.22 bits per heavy atom. The lowest BCUT2D eigenvalue weighted by atomic mass is 10.0. The lowest BCUT2D eigenvalue weighted by Crippen LogP contribution is -2.57. The van der Waals surface area contributed by atoms with Crippen molar-refractivity contribution in [1.29, 1.82) is 5.26 Å². The molecule has 41 heavy (non-hydrogen) atoms. The normalized spacial score (nSPS) is 15.0. The van der Waals surface area contributed by atoms with Crippen molar-refractivity contribution < 1.29 is 9.53 Å². The number of aromatic nitrogens is 3. The highest BCUT2D eigenvalue weighted by Crippen LogP contribution is 2.43. The van der Waals surface area contributed by atoms with Crippen LogP contribution in [0.1, 0.15) is 24.4 Å². The molecule has 2 N–H and O–H groups in total. The number of hydrogen-bond donors (Lipinski definition) is 2. The van der Waals surface area contributed by atoms with Crippen LogP contribution in [0.25, 0.3) is 22.2 Å². The summed E-state index contributed by atoms with van der Waals surface area (Å²) in [5.74, 6) is 0.576. The third-order valence-corrected chi connectivity index (χ3v) is 7.79. The highest BCUT2D eigenvalue weighted by atomic mass is 16.5. The average molecular weight is 549 g/mol. The first-order valence-electron chi connectivity index (χ1n) is 13.6. The molecule has 3 heterocycles. The lowest BCUT2D eigenvalue weighted by Gasteiger charge is -2.45. The van der Waals surface area contributed by atoms with Crippen LogP contribution in [-0.4, -0.2) is 65.7 Å². The van der Waals surface area contributed by atoms with Gasteiger partial charge in [-0.15, -0.1) is 0 Å². The number of rotatable bonds is 9. The standard InChI is InChI=1S/C31H32N8O2/c1-5-29(40)34-24-12-25(28(41-4)13-27(24)38-16-21(17-38)37(2)3)35-31-33-15-19(14-32)30(36-31)23-18-39(20-10-11-20)26-9-7-6-8-22(23)26/h5-9,12-13,15,18,20-21H,1,10-11,16-17H2,2-4H3,(H,34,40)(H,33,35,36). The topological polar surface area (TPSA) is 111 Å². The van der Waals surface area contributed by atoms with Gasteiger partial charge in [-0.3, -0.25) is 4.79 Å². The van der Waals surface area contributed by atoms with E-state index >= 15 is 0 Å². The molecule has 4 aromatic rings. The van der Waals surface area contributed by atoms with Crippen LogP contribution in [0.3, 0.4) is 0 Å². The molecule has 0 atom stereocenters. The summed E-state index contributed by atoms with van der Waals surface area (Å²) in [7, 11) is 5.72. The third kappa shape index (κ3) is 4.96. The quantitative estimate of drug-likeness (QED) is 0.283. The molecule has 2 aliphatic rings. The third-order valence-electron chi connectivity index (χ3n) is 7.79. The van der Waals surface area contributed by atoms with Gasteiger partial charge in [0.1, 0.15) is 11.8 Å². The van der Waals surface area contributed by atoms with Gasteiger partial charge in [-0.25, -0.2) is 9.97 Å². The fourth-order valence-electron chi connectivity index (χ4n) is 5.26. The fourth-order valence-corrected chi connectivity index (χ4v) is 5.26. The van der Waals surface area contributed by atoms with Crippen LogP contribution in [0.15, 0.2) is 61.4 Å². The first-order valence-corrected chi connectivity index (χ1v) is 13.6. The Bertz CT molecular complexity index is 1690. The second-order valence-corrected chi connectivity index (χ2v) is 10.7. The molecule has 1 saturated heterocycles. The molecule has 1 aliphatic carbocycles. The molecule has 1 saturated carbocycles. The second-order valence-electron chi connectivity index (χ2n) is 10.7.